The first-order valence-electron chi connectivity index (χ1n) is 7.71. The molecule has 3 rings (SSSR count). The van der Waals surface area contributed by atoms with E-state index in [1.165, 1.54) is 31.2 Å². The largest absolute Gasteiger partial charge is 0.548 e. The van der Waals surface area contributed by atoms with Crippen molar-refractivity contribution in [2.45, 2.75) is 30.8 Å². The highest BCUT2D eigenvalue weighted by molar-refractivity contribution is 7.89. The van der Waals surface area contributed by atoms with Gasteiger partial charge in [0.25, 0.3) is 0 Å². The molecular formula is C18H16NO5S-. The molecule has 0 saturated carbocycles. The molecule has 0 unspecified atom stereocenters. The smallest absolute Gasteiger partial charge is 0.243 e. The Morgan fingerprint density at radius 3 is 2.20 bits per heavy atom. The van der Waals surface area contributed by atoms with Crippen LogP contribution >= 0.6 is 0 Å². The SMILES string of the molecule is CC(=O)c1ccc(S(=O)(=O)N2Cc3ccccc3C[C@H]2C(=O)[O-])cc1. The number of ketones is 1. The maximum Gasteiger partial charge on any atom is 0.243 e. The van der Waals surface area contributed by atoms with Crippen LogP contribution < -0.4 is 5.11 Å². The number of benzene rings is 2. The summed E-state index contributed by atoms with van der Waals surface area (Å²) in [6.45, 7) is 1.35. The number of rotatable bonds is 4. The summed E-state index contributed by atoms with van der Waals surface area (Å²) in [5, 5.41) is 11.5. The van der Waals surface area contributed by atoms with Gasteiger partial charge in [-0.25, -0.2) is 8.42 Å². The molecule has 6 nitrogen and oxygen atoms in total. The Morgan fingerprint density at radius 1 is 1.04 bits per heavy atom. The van der Waals surface area contributed by atoms with E-state index in [0.29, 0.717) is 5.56 Å². The van der Waals surface area contributed by atoms with Gasteiger partial charge in [-0.05, 0) is 36.6 Å². The molecule has 0 bridgehead atoms. The summed E-state index contributed by atoms with van der Waals surface area (Å²) in [7, 11) is -4.04. The van der Waals surface area contributed by atoms with Gasteiger partial charge in [0.1, 0.15) is 0 Å². The van der Waals surface area contributed by atoms with E-state index in [1.54, 1.807) is 24.3 Å². The molecule has 0 fully saturated rings. The number of sulfonamides is 1. The molecular weight excluding hydrogens is 342 g/mol. The number of Topliss-reactive ketones (excluding diaryl/α,β-unsaturated/α-hetero) is 1. The molecule has 2 aromatic rings. The van der Waals surface area contributed by atoms with Gasteiger partial charge in [-0.2, -0.15) is 4.31 Å². The van der Waals surface area contributed by atoms with E-state index in [2.05, 4.69) is 0 Å². The maximum atomic E-state index is 12.9. The normalized spacial score (nSPS) is 17.7. The van der Waals surface area contributed by atoms with Crippen molar-refractivity contribution in [1.82, 2.24) is 4.31 Å². The molecule has 0 saturated heterocycles. The van der Waals surface area contributed by atoms with Gasteiger partial charge in [0, 0.05) is 12.1 Å². The number of fused-ring (bicyclic) bond motifs is 1. The van der Waals surface area contributed by atoms with Gasteiger partial charge in [0.15, 0.2) is 5.78 Å². The lowest BCUT2D eigenvalue weighted by atomic mass is 9.96. The molecule has 25 heavy (non-hydrogen) atoms. The molecule has 130 valence electrons. The number of hydrogen-bond donors (Lipinski definition) is 0. The minimum atomic E-state index is -4.04. The van der Waals surface area contributed by atoms with Crippen molar-refractivity contribution in [2.24, 2.45) is 0 Å². The second-order valence-corrected chi connectivity index (χ2v) is 7.83. The fraction of sp³-hybridized carbons (Fsp3) is 0.222. The summed E-state index contributed by atoms with van der Waals surface area (Å²) in [5.41, 5.74) is 1.96. The highest BCUT2D eigenvalue weighted by Gasteiger charge is 2.36. The second kappa shape index (κ2) is 6.42. The number of aliphatic carboxylic acids is 1. The monoisotopic (exact) mass is 358 g/mol. The highest BCUT2D eigenvalue weighted by Crippen LogP contribution is 2.29. The zero-order valence-electron chi connectivity index (χ0n) is 13.5. The van der Waals surface area contributed by atoms with Crippen molar-refractivity contribution < 1.29 is 23.1 Å². The van der Waals surface area contributed by atoms with Crippen LogP contribution in [0.3, 0.4) is 0 Å². The first kappa shape index (κ1) is 17.3. The molecule has 0 radical (unpaired) electrons. The minimum absolute atomic E-state index is 0.0361. The Hall–Kier alpha value is -2.51. The van der Waals surface area contributed by atoms with Crippen LogP contribution in [-0.2, 0) is 27.8 Å². The topological polar surface area (TPSA) is 94.6 Å². The molecule has 0 spiro atoms. The van der Waals surface area contributed by atoms with Gasteiger partial charge in [0.2, 0.25) is 10.0 Å². The minimum Gasteiger partial charge on any atom is -0.548 e. The summed E-state index contributed by atoms with van der Waals surface area (Å²) in [5.74, 6) is -1.61. The van der Waals surface area contributed by atoms with Crippen molar-refractivity contribution in [2.75, 3.05) is 0 Å². The molecule has 7 heteroatoms. The Balaban J connectivity index is 2.02. The third-order valence-electron chi connectivity index (χ3n) is 4.34. The van der Waals surface area contributed by atoms with E-state index < -0.39 is 22.0 Å². The summed E-state index contributed by atoms with van der Waals surface area (Å²) in [6, 6.07) is 11.3. The van der Waals surface area contributed by atoms with E-state index in [1.807, 2.05) is 0 Å². The average molecular weight is 358 g/mol. The van der Waals surface area contributed by atoms with E-state index in [0.717, 1.165) is 15.4 Å². The summed E-state index contributed by atoms with van der Waals surface area (Å²) >= 11 is 0. The first-order valence-corrected chi connectivity index (χ1v) is 9.15. The summed E-state index contributed by atoms with van der Waals surface area (Å²) in [6.07, 6.45) is 0.0588. The Bertz CT molecular complexity index is 934. The molecule has 0 N–H and O–H groups in total. The fourth-order valence-corrected chi connectivity index (χ4v) is 4.50. The van der Waals surface area contributed by atoms with E-state index >= 15 is 0 Å². The number of carbonyl (C=O) groups excluding carboxylic acids is 2. The van der Waals surface area contributed by atoms with Crippen LogP contribution in [0.25, 0.3) is 0 Å². The van der Waals surface area contributed by atoms with Gasteiger partial charge >= 0.3 is 0 Å². The molecule has 0 aliphatic carbocycles. The van der Waals surface area contributed by atoms with Gasteiger partial charge < -0.3 is 9.90 Å². The Kier molecular flexibility index (Phi) is 4.45. The zero-order chi connectivity index (χ0) is 18.2. The van der Waals surface area contributed by atoms with Crippen LogP contribution in [0.4, 0.5) is 0 Å². The summed E-state index contributed by atoms with van der Waals surface area (Å²) in [4.78, 5) is 22.8. The third-order valence-corrected chi connectivity index (χ3v) is 6.21. The molecule has 0 amide bonds. The van der Waals surface area contributed by atoms with Crippen molar-refractivity contribution in [3.8, 4) is 0 Å². The second-order valence-electron chi connectivity index (χ2n) is 5.94. The van der Waals surface area contributed by atoms with E-state index in [-0.39, 0.29) is 23.6 Å². The quantitative estimate of drug-likeness (QED) is 0.752. The van der Waals surface area contributed by atoms with Crippen molar-refractivity contribution in [1.29, 1.82) is 0 Å². The lowest BCUT2D eigenvalue weighted by molar-refractivity contribution is -0.310. The molecule has 1 aliphatic heterocycles. The molecule has 1 atom stereocenters. The number of carbonyl (C=O) groups is 2. The predicted octanol–water partition coefficient (Wildman–Crippen LogP) is 0.755. The maximum absolute atomic E-state index is 12.9. The summed E-state index contributed by atoms with van der Waals surface area (Å²) < 4.78 is 26.8. The van der Waals surface area contributed by atoms with Gasteiger partial charge in [0.05, 0.1) is 16.9 Å². The highest BCUT2D eigenvalue weighted by atomic mass is 32.2. The van der Waals surface area contributed by atoms with Crippen LogP contribution in [0.5, 0.6) is 0 Å². The van der Waals surface area contributed by atoms with Crippen LogP contribution in [0.2, 0.25) is 0 Å². The number of nitrogens with zero attached hydrogens (tertiary/aromatic N) is 1. The Morgan fingerprint density at radius 2 is 1.64 bits per heavy atom. The van der Waals surface area contributed by atoms with Crippen molar-refractivity contribution in [3.63, 3.8) is 0 Å². The number of carboxylic acids is 1. The third kappa shape index (κ3) is 3.20. The first-order chi connectivity index (χ1) is 11.8. The van der Waals surface area contributed by atoms with Crippen LogP contribution in [0, 0.1) is 0 Å². The van der Waals surface area contributed by atoms with Gasteiger partial charge in [-0.1, -0.05) is 36.4 Å². The Labute approximate surface area is 145 Å². The van der Waals surface area contributed by atoms with Crippen molar-refractivity contribution >= 4 is 21.8 Å². The fourth-order valence-electron chi connectivity index (χ4n) is 2.95. The molecule has 0 aromatic heterocycles. The van der Waals surface area contributed by atoms with Crippen LogP contribution in [0.1, 0.15) is 28.4 Å². The zero-order valence-corrected chi connectivity index (χ0v) is 14.3. The lowest BCUT2D eigenvalue weighted by Gasteiger charge is -2.36. The lowest BCUT2D eigenvalue weighted by Crippen LogP contribution is -2.53. The van der Waals surface area contributed by atoms with E-state index in [9.17, 15) is 23.1 Å². The molecule has 2 aromatic carbocycles. The molecule has 1 aliphatic rings. The van der Waals surface area contributed by atoms with Gasteiger partial charge in [-0.15, -0.1) is 0 Å². The predicted molar refractivity (Wildman–Crippen MR) is 88.1 cm³/mol. The van der Waals surface area contributed by atoms with Crippen LogP contribution in [0.15, 0.2) is 53.4 Å². The average Bonchev–Trinajstić information content (AvgIpc) is 2.60. The van der Waals surface area contributed by atoms with Crippen molar-refractivity contribution in [3.05, 3.63) is 65.2 Å². The van der Waals surface area contributed by atoms with E-state index in [4.69, 9.17) is 0 Å². The van der Waals surface area contributed by atoms with Crippen LogP contribution in [-0.4, -0.2) is 30.5 Å². The number of hydrogen-bond acceptors (Lipinski definition) is 5. The van der Waals surface area contributed by atoms with Gasteiger partial charge in [-0.3, -0.25) is 4.79 Å². The standard InChI is InChI=1S/C18H17NO5S/c1-12(20)13-6-8-16(9-7-13)25(23,24)19-11-15-5-3-2-4-14(15)10-17(19)18(21)22/h2-9,17H,10-11H2,1H3,(H,21,22)/p-1/t17-/m0/s1. The molecule has 1 heterocycles. The number of carboxylic acid groups (broad SMARTS) is 1.